The number of tetrazole rings is 1. The summed E-state index contributed by atoms with van der Waals surface area (Å²) in [6.45, 7) is 2.30. The number of nitrogens with one attached hydrogen (secondary N) is 3. The van der Waals surface area contributed by atoms with Crippen molar-refractivity contribution in [2.45, 2.75) is 13.5 Å². The Morgan fingerprint density at radius 3 is 2.71 bits per heavy atom. The SMILES string of the molecule is COc1cc(CNc2nn[nH]n2)cc(Br)c1OCC(=O)Nc1ccc(C)cc1. The van der Waals surface area contributed by atoms with Gasteiger partial charge in [0, 0.05) is 12.2 Å². The van der Waals surface area contributed by atoms with Crippen molar-refractivity contribution >= 4 is 33.5 Å². The van der Waals surface area contributed by atoms with Crippen LogP contribution in [0.3, 0.4) is 0 Å². The van der Waals surface area contributed by atoms with E-state index < -0.39 is 0 Å². The van der Waals surface area contributed by atoms with E-state index >= 15 is 0 Å². The van der Waals surface area contributed by atoms with Gasteiger partial charge in [0.05, 0.1) is 11.6 Å². The first-order valence-electron chi connectivity index (χ1n) is 8.38. The molecule has 3 rings (SSSR count). The van der Waals surface area contributed by atoms with Crippen LogP contribution < -0.4 is 20.1 Å². The second-order valence-electron chi connectivity index (χ2n) is 5.90. The molecule has 9 nitrogen and oxygen atoms in total. The molecule has 2 aromatic carbocycles. The smallest absolute Gasteiger partial charge is 0.263 e. The number of carbonyl (C=O) groups excluding carboxylic acids is 1. The number of rotatable bonds is 8. The fourth-order valence-corrected chi connectivity index (χ4v) is 3.01. The number of benzene rings is 2. The molecule has 0 saturated heterocycles. The molecule has 1 aromatic heterocycles. The van der Waals surface area contributed by atoms with E-state index in [4.69, 9.17) is 9.47 Å². The van der Waals surface area contributed by atoms with E-state index in [-0.39, 0.29) is 12.5 Å². The summed E-state index contributed by atoms with van der Waals surface area (Å²) in [4.78, 5) is 12.2. The van der Waals surface area contributed by atoms with Gasteiger partial charge in [0.1, 0.15) is 0 Å². The number of ether oxygens (including phenoxy) is 2. The third-order valence-corrected chi connectivity index (χ3v) is 4.36. The summed E-state index contributed by atoms with van der Waals surface area (Å²) in [5, 5.41) is 19.3. The van der Waals surface area contributed by atoms with Crippen LogP contribution in [0.5, 0.6) is 11.5 Å². The van der Waals surface area contributed by atoms with Gasteiger partial charge in [-0.2, -0.15) is 5.21 Å². The number of anilines is 2. The monoisotopic (exact) mass is 446 g/mol. The van der Waals surface area contributed by atoms with Gasteiger partial charge in [-0.15, -0.1) is 5.10 Å². The molecule has 10 heteroatoms. The zero-order valence-corrected chi connectivity index (χ0v) is 16.9. The number of aryl methyl sites for hydroxylation is 1. The first-order chi connectivity index (χ1) is 13.5. The lowest BCUT2D eigenvalue weighted by Crippen LogP contribution is -2.20. The van der Waals surface area contributed by atoms with Gasteiger partial charge < -0.3 is 20.1 Å². The molecule has 0 unspecified atom stereocenters. The van der Waals surface area contributed by atoms with Crippen LogP contribution in [0, 0.1) is 6.92 Å². The minimum atomic E-state index is -0.263. The minimum absolute atomic E-state index is 0.150. The summed E-state index contributed by atoms with van der Waals surface area (Å²) in [5.41, 5.74) is 2.75. The van der Waals surface area contributed by atoms with Gasteiger partial charge in [0.15, 0.2) is 18.1 Å². The minimum Gasteiger partial charge on any atom is -0.493 e. The number of hydrogen-bond acceptors (Lipinski definition) is 7. The van der Waals surface area contributed by atoms with Gasteiger partial charge in [-0.05, 0) is 57.9 Å². The average Bonchev–Trinajstić information content (AvgIpc) is 3.20. The summed E-state index contributed by atoms with van der Waals surface area (Å²) in [6.07, 6.45) is 0. The van der Waals surface area contributed by atoms with E-state index in [9.17, 15) is 4.79 Å². The number of nitrogens with zero attached hydrogens (tertiary/aromatic N) is 3. The van der Waals surface area contributed by atoms with Crippen molar-refractivity contribution in [2.75, 3.05) is 24.4 Å². The Hall–Kier alpha value is -3.14. The van der Waals surface area contributed by atoms with E-state index in [1.54, 1.807) is 0 Å². The van der Waals surface area contributed by atoms with Gasteiger partial charge in [0.25, 0.3) is 11.9 Å². The maximum Gasteiger partial charge on any atom is 0.263 e. The van der Waals surface area contributed by atoms with E-state index in [0.29, 0.717) is 34.2 Å². The first-order valence-corrected chi connectivity index (χ1v) is 9.17. The topological polar surface area (TPSA) is 114 Å². The van der Waals surface area contributed by atoms with Crippen molar-refractivity contribution in [3.63, 3.8) is 0 Å². The number of halogens is 1. The fourth-order valence-electron chi connectivity index (χ4n) is 2.40. The highest BCUT2D eigenvalue weighted by Gasteiger charge is 2.14. The molecule has 3 N–H and O–H groups in total. The number of hydrogen-bond donors (Lipinski definition) is 3. The first kappa shape index (κ1) is 19.6. The van der Waals surface area contributed by atoms with Crippen LogP contribution in [0.15, 0.2) is 40.9 Å². The molecule has 0 aliphatic rings. The molecule has 0 aliphatic heterocycles. The maximum atomic E-state index is 12.2. The van der Waals surface area contributed by atoms with Crippen molar-refractivity contribution in [1.29, 1.82) is 0 Å². The fraction of sp³-hybridized carbons (Fsp3) is 0.222. The second kappa shape index (κ2) is 9.18. The van der Waals surface area contributed by atoms with Crippen LogP contribution in [-0.2, 0) is 11.3 Å². The molecule has 0 atom stereocenters. The van der Waals surface area contributed by atoms with Gasteiger partial charge >= 0.3 is 0 Å². The summed E-state index contributed by atoms with van der Waals surface area (Å²) in [6, 6.07) is 11.2. The highest BCUT2D eigenvalue weighted by atomic mass is 79.9. The van der Waals surface area contributed by atoms with Crippen LogP contribution in [0.4, 0.5) is 11.6 Å². The molecule has 0 radical (unpaired) electrons. The second-order valence-corrected chi connectivity index (χ2v) is 6.76. The molecule has 28 heavy (non-hydrogen) atoms. The van der Waals surface area contributed by atoms with E-state index in [2.05, 4.69) is 47.2 Å². The van der Waals surface area contributed by atoms with Crippen molar-refractivity contribution in [1.82, 2.24) is 20.6 Å². The molecular formula is C18H19BrN6O3. The number of H-pyrrole nitrogens is 1. The van der Waals surface area contributed by atoms with Gasteiger partial charge in [-0.25, -0.2) is 0 Å². The Morgan fingerprint density at radius 1 is 1.25 bits per heavy atom. The van der Waals surface area contributed by atoms with Crippen molar-refractivity contribution < 1.29 is 14.3 Å². The zero-order chi connectivity index (χ0) is 19.9. The maximum absolute atomic E-state index is 12.2. The summed E-state index contributed by atoms with van der Waals surface area (Å²) in [5.74, 6) is 1.08. The standard InChI is InChI=1S/C18H19BrN6O3/c1-11-3-5-13(6-4-11)21-16(26)10-28-17-14(19)7-12(8-15(17)27-2)9-20-18-22-24-25-23-18/h3-8H,9-10H2,1-2H3,(H,21,26)(H2,20,22,23,24,25). The lowest BCUT2D eigenvalue weighted by atomic mass is 10.2. The van der Waals surface area contributed by atoms with E-state index in [1.807, 2.05) is 43.3 Å². The Bertz CT molecular complexity index is 931. The lowest BCUT2D eigenvalue weighted by Gasteiger charge is -2.14. The van der Waals surface area contributed by atoms with Gasteiger partial charge in [-0.1, -0.05) is 22.8 Å². The van der Waals surface area contributed by atoms with Crippen molar-refractivity contribution in [2.24, 2.45) is 0 Å². The molecule has 1 heterocycles. The zero-order valence-electron chi connectivity index (χ0n) is 15.3. The number of amides is 1. The quantitative estimate of drug-likeness (QED) is 0.487. The Labute approximate surface area is 169 Å². The molecule has 3 aromatic rings. The number of aromatic amines is 1. The predicted molar refractivity (Wildman–Crippen MR) is 108 cm³/mol. The van der Waals surface area contributed by atoms with E-state index in [1.165, 1.54) is 7.11 Å². The number of carbonyl (C=O) groups is 1. The molecule has 0 spiro atoms. The Kier molecular flexibility index (Phi) is 6.43. The largest absolute Gasteiger partial charge is 0.493 e. The average molecular weight is 447 g/mol. The number of aromatic nitrogens is 4. The highest BCUT2D eigenvalue weighted by molar-refractivity contribution is 9.10. The normalized spacial score (nSPS) is 10.4. The summed E-state index contributed by atoms with van der Waals surface area (Å²) >= 11 is 3.47. The Morgan fingerprint density at radius 2 is 2.04 bits per heavy atom. The molecule has 1 amide bonds. The Balaban J connectivity index is 1.62. The van der Waals surface area contributed by atoms with Crippen LogP contribution in [-0.4, -0.2) is 40.2 Å². The predicted octanol–water partition coefficient (Wildman–Crippen LogP) is 2.91. The molecule has 0 fully saturated rings. The molecule has 0 saturated carbocycles. The summed E-state index contributed by atoms with van der Waals surface area (Å²) in [7, 11) is 1.54. The third kappa shape index (κ3) is 5.19. The van der Waals surface area contributed by atoms with Crippen LogP contribution in [0.2, 0.25) is 0 Å². The molecular weight excluding hydrogens is 428 g/mol. The lowest BCUT2D eigenvalue weighted by molar-refractivity contribution is -0.118. The van der Waals surface area contributed by atoms with Crippen LogP contribution in [0.25, 0.3) is 0 Å². The molecule has 146 valence electrons. The van der Waals surface area contributed by atoms with Crippen LogP contribution in [0.1, 0.15) is 11.1 Å². The van der Waals surface area contributed by atoms with Crippen molar-refractivity contribution in [3.8, 4) is 11.5 Å². The molecule has 0 aliphatic carbocycles. The van der Waals surface area contributed by atoms with Gasteiger partial charge in [0.2, 0.25) is 0 Å². The van der Waals surface area contributed by atoms with Crippen molar-refractivity contribution in [3.05, 3.63) is 52.0 Å². The number of methoxy groups -OCH3 is 1. The third-order valence-electron chi connectivity index (χ3n) is 3.77. The van der Waals surface area contributed by atoms with Gasteiger partial charge in [-0.3, -0.25) is 4.79 Å². The molecule has 0 bridgehead atoms. The summed E-state index contributed by atoms with van der Waals surface area (Å²) < 4.78 is 11.7. The van der Waals surface area contributed by atoms with Crippen LogP contribution >= 0.6 is 15.9 Å². The van der Waals surface area contributed by atoms with E-state index in [0.717, 1.165) is 11.1 Å². The highest BCUT2D eigenvalue weighted by Crippen LogP contribution is 2.36.